The average Bonchev–Trinajstić information content (AvgIpc) is 2.37. The first-order chi connectivity index (χ1) is 5.24. The van der Waals surface area contributed by atoms with Crippen molar-refractivity contribution in [1.82, 2.24) is 5.32 Å². The van der Waals surface area contributed by atoms with Gasteiger partial charge in [0.25, 0.3) is 0 Å². The molecule has 1 aliphatic heterocycles. The number of nitrogens with one attached hydrogen (secondary N) is 1. The van der Waals surface area contributed by atoms with E-state index in [1.807, 2.05) is 0 Å². The summed E-state index contributed by atoms with van der Waals surface area (Å²) in [4.78, 5) is 10.6. The van der Waals surface area contributed by atoms with E-state index in [1.165, 1.54) is 0 Å². The van der Waals surface area contributed by atoms with Gasteiger partial charge in [0.2, 0.25) is 5.91 Å². The summed E-state index contributed by atoms with van der Waals surface area (Å²) in [6, 6.07) is -0.366. The molecule has 0 saturated carbocycles. The highest BCUT2D eigenvalue weighted by atomic mass is 16.5. The Morgan fingerprint density at radius 1 is 1.64 bits per heavy atom. The lowest BCUT2D eigenvalue weighted by Crippen LogP contribution is -2.43. The van der Waals surface area contributed by atoms with Gasteiger partial charge in [-0.15, -0.1) is 0 Å². The van der Waals surface area contributed by atoms with Crippen LogP contribution < -0.4 is 5.32 Å². The molecule has 0 aromatic heterocycles. The Kier molecular flexibility index (Phi) is 2.81. The lowest BCUT2D eigenvalue weighted by molar-refractivity contribution is -0.125. The van der Waals surface area contributed by atoms with Crippen LogP contribution in [0.3, 0.4) is 0 Å². The topological polar surface area (TPSA) is 78.8 Å². The van der Waals surface area contributed by atoms with Crippen molar-refractivity contribution < 1.29 is 19.7 Å². The Morgan fingerprint density at radius 2 is 2.36 bits per heavy atom. The summed E-state index contributed by atoms with van der Waals surface area (Å²) in [5.41, 5.74) is 0. The number of rotatable bonds is 2. The quantitative estimate of drug-likeness (QED) is 0.431. The largest absolute Gasteiger partial charge is 0.388 e. The SMILES string of the molecule is O=C(CO)NC1COCC1O. The highest BCUT2D eigenvalue weighted by Crippen LogP contribution is 2.04. The van der Waals surface area contributed by atoms with E-state index in [4.69, 9.17) is 14.9 Å². The van der Waals surface area contributed by atoms with Crippen LogP contribution in [0, 0.1) is 0 Å². The Bertz CT molecular complexity index is 150. The zero-order valence-corrected chi connectivity index (χ0v) is 5.99. The highest BCUT2D eigenvalue weighted by molar-refractivity contribution is 5.77. The third-order valence-corrected chi connectivity index (χ3v) is 1.54. The predicted molar refractivity (Wildman–Crippen MR) is 35.8 cm³/mol. The summed E-state index contributed by atoms with van der Waals surface area (Å²) >= 11 is 0. The fourth-order valence-electron chi connectivity index (χ4n) is 0.933. The van der Waals surface area contributed by atoms with Gasteiger partial charge in [-0.05, 0) is 0 Å². The maximum absolute atomic E-state index is 10.6. The van der Waals surface area contributed by atoms with Gasteiger partial charge in [0.15, 0.2) is 0 Å². The zero-order valence-electron chi connectivity index (χ0n) is 5.99. The van der Waals surface area contributed by atoms with Crippen molar-refractivity contribution in [2.45, 2.75) is 12.1 Å². The fourth-order valence-corrected chi connectivity index (χ4v) is 0.933. The molecule has 64 valence electrons. The number of aliphatic hydroxyl groups excluding tert-OH is 2. The van der Waals surface area contributed by atoms with Gasteiger partial charge in [0.1, 0.15) is 6.61 Å². The number of amides is 1. The van der Waals surface area contributed by atoms with Crippen molar-refractivity contribution >= 4 is 5.91 Å². The van der Waals surface area contributed by atoms with Crippen LogP contribution in [0.25, 0.3) is 0 Å². The molecule has 0 aromatic rings. The van der Waals surface area contributed by atoms with Gasteiger partial charge in [-0.1, -0.05) is 0 Å². The molecule has 0 bridgehead atoms. The first-order valence-electron chi connectivity index (χ1n) is 3.40. The molecular weight excluding hydrogens is 150 g/mol. The molecule has 5 nitrogen and oxygen atoms in total. The number of carbonyl (C=O) groups excluding carboxylic acids is 1. The molecule has 1 amide bonds. The Balaban J connectivity index is 2.30. The van der Waals surface area contributed by atoms with Crippen molar-refractivity contribution in [1.29, 1.82) is 0 Å². The van der Waals surface area contributed by atoms with Crippen LogP contribution in [-0.4, -0.2) is 48.1 Å². The number of hydrogen-bond acceptors (Lipinski definition) is 4. The lowest BCUT2D eigenvalue weighted by atomic mass is 10.2. The molecule has 1 rings (SSSR count). The number of aliphatic hydroxyl groups is 2. The fraction of sp³-hybridized carbons (Fsp3) is 0.833. The standard InChI is InChI=1S/C6H11NO4/c8-1-6(10)7-4-2-11-3-5(4)9/h4-5,8-9H,1-3H2,(H,7,10). The normalized spacial score (nSPS) is 30.4. The first kappa shape index (κ1) is 8.45. The molecule has 3 N–H and O–H groups in total. The van der Waals surface area contributed by atoms with E-state index < -0.39 is 18.6 Å². The van der Waals surface area contributed by atoms with Gasteiger partial charge in [-0.3, -0.25) is 4.79 Å². The van der Waals surface area contributed by atoms with Crippen molar-refractivity contribution in [2.75, 3.05) is 19.8 Å². The molecule has 1 aliphatic rings. The second kappa shape index (κ2) is 3.66. The first-order valence-corrected chi connectivity index (χ1v) is 3.40. The minimum Gasteiger partial charge on any atom is -0.388 e. The van der Waals surface area contributed by atoms with Crippen LogP contribution in [-0.2, 0) is 9.53 Å². The molecule has 1 saturated heterocycles. The van der Waals surface area contributed by atoms with Gasteiger partial charge < -0.3 is 20.3 Å². The van der Waals surface area contributed by atoms with Gasteiger partial charge in [-0.2, -0.15) is 0 Å². The highest BCUT2D eigenvalue weighted by Gasteiger charge is 2.26. The van der Waals surface area contributed by atoms with Crippen LogP contribution >= 0.6 is 0 Å². The number of ether oxygens (including phenoxy) is 1. The molecule has 2 unspecified atom stereocenters. The molecule has 11 heavy (non-hydrogen) atoms. The van der Waals surface area contributed by atoms with Crippen molar-refractivity contribution in [2.24, 2.45) is 0 Å². The van der Waals surface area contributed by atoms with Crippen LogP contribution in [0.1, 0.15) is 0 Å². The number of carbonyl (C=O) groups is 1. The second-order valence-corrected chi connectivity index (χ2v) is 2.44. The van der Waals surface area contributed by atoms with E-state index in [1.54, 1.807) is 0 Å². The molecule has 2 atom stereocenters. The molecule has 1 heterocycles. The summed E-state index contributed by atoms with van der Waals surface area (Å²) in [6.07, 6.45) is -0.648. The summed E-state index contributed by atoms with van der Waals surface area (Å²) in [5, 5.41) is 19.9. The molecular formula is C6H11NO4. The smallest absolute Gasteiger partial charge is 0.246 e. The van der Waals surface area contributed by atoms with Crippen LogP contribution in [0.2, 0.25) is 0 Å². The molecule has 0 radical (unpaired) electrons. The van der Waals surface area contributed by atoms with E-state index in [-0.39, 0.29) is 12.6 Å². The monoisotopic (exact) mass is 161 g/mol. The van der Waals surface area contributed by atoms with Crippen LogP contribution in [0.15, 0.2) is 0 Å². The van der Waals surface area contributed by atoms with Crippen molar-refractivity contribution in [3.63, 3.8) is 0 Å². The summed E-state index contributed by atoms with van der Waals surface area (Å²) in [6.45, 7) is 0.00645. The molecule has 1 fully saturated rings. The molecule has 0 spiro atoms. The van der Waals surface area contributed by atoms with Crippen LogP contribution in [0.4, 0.5) is 0 Å². The van der Waals surface area contributed by atoms with Crippen LogP contribution in [0.5, 0.6) is 0 Å². The average molecular weight is 161 g/mol. The molecule has 5 heteroatoms. The Labute approximate surface area is 64.0 Å². The molecule has 0 aromatic carbocycles. The maximum Gasteiger partial charge on any atom is 0.246 e. The van der Waals surface area contributed by atoms with E-state index in [0.29, 0.717) is 6.61 Å². The van der Waals surface area contributed by atoms with E-state index >= 15 is 0 Å². The Morgan fingerprint density at radius 3 is 2.82 bits per heavy atom. The van der Waals surface area contributed by atoms with Crippen molar-refractivity contribution in [3.05, 3.63) is 0 Å². The van der Waals surface area contributed by atoms with Gasteiger partial charge in [-0.25, -0.2) is 0 Å². The summed E-state index contributed by atoms with van der Waals surface area (Å²) in [5.74, 6) is -0.487. The maximum atomic E-state index is 10.6. The minimum atomic E-state index is -0.648. The number of hydrogen-bond donors (Lipinski definition) is 3. The minimum absolute atomic E-state index is 0.246. The van der Waals surface area contributed by atoms with Gasteiger partial charge in [0, 0.05) is 0 Å². The van der Waals surface area contributed by atoms with Gasteiger partial charge in [0.05, 0.1) is 25.4 Å². The van der Waals surface area contributed by atoms with E-state index in [2.05, 4.69) is 5.32 Å². The second-order valence-electron chi connectivity index (χ2n) is 2.44. The Hall–Kier alpha value is -0.650. The van der Waals surface area contributed by atoms with E-state index in [0.717, 1.165) is 0 Å². The van der Waals surface area contributed by atoms with Gasteiger partial charge >= 0.3 is 0 Å². The molecule has 0 aliphatic carbocycles. The summed E-state index contributed by atoms with van der Waals surface area (Å²) < 4.78 is 4.87. The predicted octanol–water partition coefficient (Wildman–Crippen LogP) is -2.15. The third-order valence-electron chi connectivity index (χ3n) is 1.54. The third kappa shape index (κ3) is 2.14. The zero-order chi connectivity index (χ0) is 8.27. The van der Waals surface area contributed by atoms with E-state index in [9.17, 15) is 4.79 Å². The summed E-state index contributed by atoms with van der Waals surface area (Å²) in [7, 11) is 0. The van der Waals surface area contributed by atoms with Crippen molar-refractivity contribution in [3.8, 4) is 0 Å². The lowest BCUT2D eigenvalue weighted by Gasteiger charge is -2.12.